The smallest absolute Gasteiger partial charge is 0.406 e. The molecule has 0 aliphatic carbocycles. The molecule has 0 aliphatic rings. The molecule has 0 aromatic heterocycles. The maximum atomic E-state index is 11.9. The van der Waals surface area contributed by atoms with Crippen LogP contribution < -0.4 is 15.4 Å². The summed E-state index contributed by atoms with van der Waals surface area (Å²) in [5.41, 5.74) is 0.515. The number of alkyl halides is 3. The van der Waals surface area contributed by atoms with E-state index in [2.05, 4.69) is 15.4 Å². The number of benzene rings is 1. The number of amides is 1. The molecular weight excluding hydrogens is 277 g/mol. The third-order valence-electron chi connectivity index (χ3n) is 2.17. The molecule has 1 aromatic rings. The summed E-state index contributed by atoms with van der Waals surface area (Å²) < 4.78 is 44.3. The third-order valence-corrected chi connectivity index (χ3v) is 2.17. The Morgan fingerprint density at radius 3 is 2.45 bits per heavy atom. The van der Waals surface area contributed by atoms with Gasteiger partial charge in [0.25, 0.3) is 0 Å². The topological polar surface area (TPSA) is 59.6 Å². The van der Waals surface area contributed by atoms with Crippen LogP contribution in [-0.2, 0) is 9.53 Å². The van der Waals surface area contributed by atoms with E-state index in [1.54, 1.807) is 0 Å². The second-order valence-electron chi connectivity index (χ2n) is 3.77. The third kappa shape index (κ3) is 6.83. The van der Waals surface area contributed by atoms with Crippen molar-refractivity contribution >= 4 is 11.6 Å². The maximum Gasteiger partial charge on any atom is 0.573 e. The SMILES string of the molecule is COCCNC(=O)CNc1ccc(OC(F)(F)F)cc1. The van der Waals surface area contributed by atoms with Gasteiger partial charge in [-0.2, -0.15) is 0 Å². The summed E-state index contributed by atoms with van der Waals surface area (Å²) in [7, 11) is 1.52. The lowest BCUT2D eigenvalue weighted by Crippen LogP contribution is -2.32. The molecule has 1 rings (SSSR count). The highest BCUT2D eigenvalue weighted by Gasteiger charge is 2.30. The lowest BCUT2D eigenvalue weighted by Gasteiger charge is -2.10. The van der Waals surface area contributed by atoms with Crippen molar-refractivity contribution in [2.75, 3.05) is 32.1 Å². The van der Waals surface area contributed by atoms with Gasteiger partial charge in [-0.15, -0.1) is 13.2 Å². The van der Waals surface area contributed by atoms with E-state index in [9.17, 15) is 18.0 Å². The maximum absolute atomic E-state index is 11.9. The van der Waals surface area contributed by atoms with Crippen LogP contribution in [0.2, 0.25) is 0 Å². The fourth-order valence-corrected chi connectivity index (χ4v) is 1.31. The van der Waals surface area contributed by atoms with E-state index in [0.29, 0.717) is 18.8 Å². The van der Waals surface area contributed by atoms with Crippen molar-refractivity contribution in [2.45, 2.75) is 6.36 Å². The van der Waals surface area contributed by atoms with E-state index in [-0.39, 0.29) is 18.2 Å². The molecule has 0 bridgehead atoms. The van der Waals surface area contributed by atoms with Gasteiger partial charge in [-0.3, -0.25) is 4.79 Å². The summed E-state index contributed by atoms with van der Waals surface area (Å²) in [6.07, 6.45) is -4.71. The summed E-state index contributed by atoms with van der Waals surface area (Å²) in [4.78, 5) is 11.3. The fraction of sp³-hybridized carbons (Fsp3) is 0.417. The Morgan fingerprint density at radius 1 is 1.25 bits per heavy atom. The molecule has 0 spiro atoms. The largest absolute Gasteiger partial charge is 0.573 e. The minimum absolute atomic E-state index is 0.0171. The predicted octanol–water partition coefficient (Wildman–Crippen LogP) is 1.76. The first kappa shape index (κ1) is 16.1. The Kier molecular flexibility index (Phi) is 6.10. The van der Waals surface area contributed by atoms with Gasteiger partial charge in [-0.05, 0) is 24.3 Å². The summed E-state index contributed by atoms with van der Waals surface area (Å²) in [6, 6.07) is 5.12. The molecule has 2 N–H and O–H groups in total. The molecule has 0 atom stereocenters. The van der Waals surface area contributed by atoms with Crippen LogP contribution >= 0.6 is 0 Å². The highest BCUT2D eigenvalue weighted by molar-refractivity contribution is 5.80. The Morgan fingerprint density at radius 2 is 1.90 bits per heavy atom. The van der Waals surface area contributed by atoms with E-state index >= 15 is 0 Å². The second-order valence-corrected chi connectivity index (χ2v) is 3.77. The number of rotatable bonds is 7. The van der Waals surface area contributed by atoms with Crippen molar-refractivity contribution in [3.8, 4) is 5.75 Å². The highest BCUT2D eigenvalue weighted by atomic mass is 19.4. The number of hydrogen-bond acceptors (Lipinski definition) is 4. The van der Waals surface area contributed by atoms with Gasteiger partial charge < -0.3 is 20.1 Å². The Bertz CT molecular complexity index is 421. The number of ether oxygens (including phenoxy) is 2. The average molecular weight is 292 g/mol. The van der Waals surface area contributed by atoms with Crippen LogP contribution in [0.5, 0.6) is 5.75 Å². The van der Waals surface area contributed by atoms with Crippen molar-refractivity contribution in [1.29, 1.82) is 0 Å². The summed E-state index contributed by atoms with van der Waals surface area (Å²) in [5, 5.41) is 5.37. The lowest BCUT2D eigenvalue weighted by atomic mass is 10.3. The van der Waals surface area contributed by atoms with E-state index in [0.717, 1.165) is 0 Å². The standard InChI is InChI=1S/C12H15F3N2O3/c1-19-7-6-16-11(18)8-17-9-2-4-10(5-3-9)20-12(13,14)15/h2-5,17H,6-8H2,1H3,(H,16,18). The molecule has 0 aliphatic heterocycles. The van der Waals surface area contributed by atoms with Crippen LogP contribution in [-0.4, -0.2) is 39.1 Å². The minimum Gasteiger partial charge on any atom is -0.406 e. The van der Waals surface area contributed by atoms with Crippen molar-refractivity contribution in [3.63, 3.8) is 0 Å². The number of halogens is 3. The van der Waals surface area contributed by atoms with Gasteiger partial charge in [0.2, 0.25) is 5.91 Å². The number of anilines is 1. The highest BCUT2D eigenvalue weighted by Crippen LogP contribution is 2.23. The first-order valence-corrected chi connectivity index (χ1v) is 5.76. The first-order valence-electron chi connectivity index (χ1n) is 5.76. The fourth-order valence-electron chi connectivity index (χ4n) is 1.31. The van der Waals surface area contributed by atoms with Crippen molar-refractivity contribution < 1.29 is 27.4 Å². The molecule has 5 nitrogen and oxygen atoms in total. The minimum atomic E-state index is -4.71. The molecular formula is C12H15F3N2O3. The molecule has 0 unspecified atom stereocenters. The number of carbonyl (C=O) groups excluding carboxylic acids is 1. The summed E-state index contributed by atoms with van der Waals surface area (Å²) in [5.74, 6) is -0.551. The van der Waals surface area contributed by atoms with Crippen LogP contribution in [0.15, 0.2) is 24.3 Å². The molecule has 1 aromatic carbocycles. The number of methoxy groups -OCH3 is 1. The van der Waals surface area contributed by atoms with Gasteiger partial charge in [0, 0.05) is 19.3 Å². The molecule has 0 heterocycles. The Labute approximate surface area is 114 Å². The van der Waals surface area contributed by atoms with Crippen molar-refractivity contribution in [1.82, 2.24) is 5.32 Å². The first-order chi connectivity index (χ1) is 9.40. The molecule has 112 valence electrons. The van der Waals surface area contributed by atoms with Gasteiger partial charge in [0.1, 0.15) is 5.75 Å². The predicted molar refractivity (Wildman–Crippen MR) is 66.5 cm³/mol. The molecule has 0 saturated carbocycles. The Hall–Kier alpha value is -1.96. The molecule has 1 amide bonds. The zero-order valence-corrected chi connectivity index (χ0v) is 10.8. The number of nitrogens with one attached hydrogen (secondary N) is 2. The van der Waals surface area contributed by atoms with E-state index in [4.69, 9.17) is 4.74 Å². The van der Waals surface area contributed by atoms with Gasteiger partial charge in [-0.25, -0.2) is 0 Å². The monoisotopic (exact) mass is 292 g/mol. The molecule has 8 heteroatoms. The van der Waals surface area contributed by atoms with Crippen LogP contribution in [0.4, 0.5) is 18.9 Å². The molecule has 0 radical (unpaired) electrons. The molecule has 20 heavy (non-hydrogen) atoms. The van der Waals surface area contributed by atoms with E-state index in [1.807, 2.05) is 0 Å². The quantitative estimate of drug-likeness (QED) is 0.752. The molecule has 0 fully saturated rings. The second kappa shape index (κ2) is 7.59. The van der Waals surface area contributed by atoms with Crippen molar-refractivity contribution in [3.05, 3.63) is 24.3 Å². The van der Waals surface area contributed by atoms with Crippen LogP contribution in [0.3, 0.4) is 0 Å². The molecule has 0 saturated heterocycles. The van der Waals surface area contributed by atoms with Crippen LogP contribution in [0, 0.1) is 0 Å². The van der Waals surface area contributed by atoms with Gasteiger partial charge >= 0.3 is 6.36 Å². The zero-order valence-electron chi connectivity index (χ0n) is 10.8. The van der Waals surface area contributed by atoms with Gasteiger partial charge in [-0.1, -0.05) is 0 Å². The Balaban J connectivity index is 2.36. The normalized spacial score (nSPS) is 11.0. The van der Waals surface area contributed by atoms with E-state index in [1.165, 1.54) is 31.4 Å². The van der Waals surface area contributed by atoms with Gasteiger partial charge in [0.15, 0.2) is 0 Å². The summed E-state index contributed by atoms with van der Waals surface area (Å²) >= 11 is 0. The number of hydrogen-bond donors (Lipinski definition) is 2. The van der Waals surface area contributed by atoms with Crippen molar-refractivity contribution in [2.24, 2.45) is 0 Å². The lowest BCUT2D eigenvalue weighted by molar-refractivity contribution is -0.274. The summed E-state index contributed by atoms with van der Waals surface area (Å²) in [6.45, 7) is 0.827. The zero-order chi connectivity index (χ0) is 15.0. The number of carbonyl (C=O) groups is 1. The van der Waals surface area contributed by atoms with Crippen LogP contribution in [0.1, 0.15) is 0 Å². The van der Waals surface area contributed by atoms with Gasteiger partial charge in [0.05, 0.1) is 13.2 Å². The average Bonchev–Trinajstić information content (AvgIpc) is 2.36. The van der Waals surface area contributed by atoms with Crippen LogP contribution in [0.25, 0.3) is 0 Å². The van der Waals surface area contributed by atoms with E-state index < -0.39 is 6.36 Å².